The SMILES string of the molecule is CCNC(=NCCCCN1C(=O)c2ccccc2C1=O)NCCOC.I. The van der Waals surface area contributed by atoms with Crippen LogP contribution in [-0.2, 0) is 4.74 Å². The Morgan fingerprint density at radius 2 is 1.77 bits per heavy atom. The second-order valence-electron chi connectivity index (χ2n) is 5.69. The summed E-state index contributed by atoms with van der Waals surface area (Å²) in [5.74, 6) is 0.359. The van der Waals surface area contributed by atoms with Crippen LogP contribution in [0.3, 0.4) is 0 Å². The highest BCUT2D eigenvalue weighted by Gasteiger charge is 2.34. The molecule has 1 aromatic carbocycles. The number of ether oxygens (including phenoxy) is 1. The van der Waals surface area contributed by atoms with E-state index in [0.29, 0.717) is 37.4 Å². The third-order valence-corrected chi connectivity index (χ3v) is 3.88. The third kappa shape index (κ3) is 5.94. The summed E-state index contributed by atoms with van der Waals surface area (Å²) in [4.78, 5) is 30.3. The summed E-state index contributed by atoms with van der Waals surface area (Å²) in [6, 6.07) is 6.96. The molecule has 0 aromatic heterocycles. The molecular weight excluding hydrogens is 447 g/mol. The Kier molecular flexibility index (Phi) is 10.2. The van der Waals surface area contributed by atoms with Crippen LogP contribution >= 0.6 is 24.0 Å². The van der Waals surface area contributed by atoms with Crippen LogP contribution < -0.4 is 10.6 Å². The van der Waals surface area contributed by atoms with E-state index >= 15 is 0 Å². The predicted molar refractivity (Wildman–Crippen MR) is 112 cm³/mol. The van der Waals surface area contributed by atoms with Crippen LogP contribution in [-0.4, -0.2) is 62.6 Å². The van der Waals surface area contributed by atoms with E-state index in [1.165, 1.54) is 4.90 Å². The Labute approximate surface area is 171 Å². The van der Waals surface area contributed by atoms with E-state index in [4.69, 9.17) is 4.74 Å². The minimum absolute atomic E-state index is 0. The fourth-order valence-corrected chi connectivity index (χ4v) is 2.63. The third-order valence-electron chi connectivity index (χ3n) is 3.88. The van der Waals surface area contributed by atoms with E-state index in [0.717, 1.165) is 25.3 Å². The number of benzene rings is 1. The van der Waals surface area contributed by atoms with Gasteiger partial charge in [-0.2, -0.15) is 0 Å². The molecule has 8 heteroatoms. The van der Waals surface area contributed by atoms with E-state index in [1.54, 1.807) is 31.4 Å². The molecule has 0 unspecified atom stereocenters. The number of guanidine groups is 1. The molecule has 0 atom stereocenters. The lowest BCUT2D eigenvalue weighted by molar-refractivity contribution is 0.0652. The van der Waals surface area contributed by atoms with E-state index in [2.05, 4.69) is 15.6 Å². The quantitative estimate of drug-likeness (QED) is 0.188. The van der Waals surface area contributed by atoms with Crippen LogP contribution in [0, 0.1) is 0 Å². The smallest absolute Gasteiger partial charge is 0.261 e. The fourth-order valence-electron chi connectivity index (χ4n) is 2.63. The topological polar surface area (TPSA) is 83.0 Å². The van der Waals surface area contributed by atoms with Crippen LogP contribution in [0.15, 0.2) is 29.3 Å². The van der Waals surface area contributed by atoms with Crippen LogP contribution in [0.5, 0.6) is 0 Å². The second kappa shape index (κ2) is 11.8. The summed E-state index contributed by atoms with van der Waals surface area (Å²) in [5, 5.41) is 6.34. The summed E-state index contributed by atoms with van der Waals surface area (Å²) in [6.07, 6.45) is 1.53. The Bertz CT molecular complexity index is 602. The van der Waals surface area contributed by atoms with Gasteiger partial charge in [0, 0.05) is 33.3 Å². The first-order valence-electron chi connectivity index (χ1n) is 8.65. The predicted octanol–water partition coefficient (Wildman–Crippen LogP) is 1.88. The first kappa shape index (κ1) is 22.4. The Balaban J connectivity index is 0.00000338. The van der Waals surface area contributed by atoms with Gasteiger partial charge in [-0.1, -0.05) is 12.1 Å². The maximum absolute atomic E-state index is 12.3. The molecule has 2 rings (SSSR count). The van der Waals surface area contributed by atoms with Crippen molar-refractivity contribution in [3.8, 4) is 0 Å². The van der Waals surface area contributed by atoms with Crippen molar-refractivity contribution in [2.24, 2.45) is 4.99 Å². The number of hydrogen-bond acceptors (Lipinski definition) is 4. The summed E-state index contributed by atoms with van der Waals surface area (Å²) >= 11 is 0. The molecule has 1 aromatic rings. The molecule has 7 nitrogen and oxygen atoms in total. The standard InChI is InChI=1S/C18H26N4O3.HI/c1-3-19-18(21-11-13-25-2)20-10-6-7-12-22-16(23)14-8-4-5-9-15(14)17(22)24;/h4-5,8-9H,3,6-7,10-13H2,1-2H3,(H2,19,20,21);1H. The van der Waals surface area contributed by atoms with Crippen LogP contribution in [0.4, 0.5) is 0 Å². The van der Waals surface area contributed by atoms with Gasteiger partial charge in [-0.25, -0.2) is 0 Å². The summed E-state index contributed by atoms with van der Waals surface area (Å²) in [7, 11) is 1.66. The molecule has 0 bridgehead atoms. The van der Waals surface area contributed by atoms with Crippen molar-refractivity contribution in [3.63, 3.8) is 0 Å². The normalized spacial score (nSPS) is 13.5. The molecule has 2 amide bonds. The van der Waals surface area contributed by atoms with Crippen LogP contribution in [0.1, 0.15) is 40.5 Å². The summed E-state index contributed by atoms with van der Waals surface area (Å²) in [5.41, 5.74) is 1.00. The number of carbonyl (C=O) groups is 2. The summed E-state index contributed by atoms with van der Waals surface area (Å²) < 4.78 is 5.00. The van der Waals surface area contributed by atoms with Gasteiger partial charge in [-0.15, -0.1) is 24.0 Å². The van der Waals surface area contributed by atoms with Crippen molar-refractivity contribution in [2.45, 2.75) is 19.8 Å². The number of nitrogens with one attached hydrogen (secondary N) is 2. The number of amides is 2. The summed E-state index contributed by atoms with van der Waals surface area (Å²) in [6.45, 7) is 5.16. The molecule has 0 spiro atoms. The van der Waals surface area contributed by atoms with Gasteiger partial charge >= 0.3 is 0 Å². The molecule has 0 fully saturated rings. The number of fused-ring (bicyclic) bond motifs is 1. The Hall–Kier alpha value is -1.68. The lowest BCUT2D eigenvalue weighted by atomic mass is 10.1. The van der Waals surface area contributed by atoms with Crippen LogP contribution in [0.2, 0.25) is 0 Å². The van der Waals surface area contributed by atoms with Gasteiger partial charge in [0.25, 0.3) is 11.8 Å². The number of rotatable bonds is 9. The van der Waals surface area contributed by atoms with Gasteiger partial charge in [-0.05, 0) is 31.9 Å². The number of carbonyl (C=O) groups excluding carboxylic acids is 2. The largest absolute Gasteiger partial charge is 0.383 e. The number of nitrogens with zero attached hydrogens (tertiary/aromatic N) is 2. The van der Waals surface area contributed by atoms with Crippen LogP contribution in [0.25, 0.3) is 0 Å². The monoisotopic (exact) mass is 474 g/mol. The minimum atomic E-state index is -0.196. The molecule has 0 aliphatic carbocycles. The number of imide groups is 1. The highest BCUT2D eigenvalue weighted by Crippen LogP contribution is 2.22. The zero-order valence-electron chi connectivity index (χ0n) is 15.3. The zero-order chi connectivity index (χ0) is 18.1. The molecule has 2 N–H and O–H groups in total. The zero-order valence-corrected chi connectivity index (χ0v) is 17.6. The van der Waals surface area contributed by atoms with E-state index in [1.807, 2.05) is 6.92 Å². The lowest BCUT2D eigenvalue weighted by Crippen LogP contribution is -2.39. The Morgan fingerprint density at radius 3 is 2.35 bits per heavy atom. The molecular formula is C18H27IN4O3. The molecule has 0 saturated carbocycles. The first-order chi connectivity index (χ1) is 12.2. The lowest BCUT2D eigenvalue weighted by Gasteiger charge is -2.13. The van der Waals surface area contributed by atoms with Crippen molar-refractivity contribution >= 4 is 41.8 Å². The maximum Gasteiger partial charge on any atom is 0.261 e. The highest BCUT2D eigenvalue weighted by molar-refractivity contribution is 14.0. The van der Waals surface area contributed by atoms with Crippen molar-refractivity contribution in [1.29, 1.82) is 0 Å². The first-order valence-corrected chi connectivity index (χ1v) is 8.65. The van der Waals surface area contributed by atoms with Crippen molar-refractivity contribution in [1.82, 2.24) is 15.5 Å². The average molecular weight is 474 g/mol. The molecule has 26 heavy (non-hydrogen) atoms. The molecule has 0 radical (unpaired) electrons. The van der Waals surface area contributed by atoms with Gasteiger partial charge in [-0.3, -0.25) is 19.5 Å². The number of methoxy groups -OCH3 is 1. The number of hydrogen-bond donors (Lipinski definition) is 2. The van der Waals surface area contributed by atoms with Crippen molar-refractivity contribution in [2.75, 3.05) is 39.9 Å². The van der Waals surface area contributed by atoms with E-state index in [9.17, 15) is 9.59 Å². The molecule has 144 valence electrons. The van der Waals surface area contributed by atoms with Gasteiger partial charge < -0.3 is 15.4 Å². The van der Waals surface area contributed by atoms with E-state index < -0.39 is 0 Å². The minimum Gasteiger partial charge on any atom is -0.383 e. The van der Waals surface area contributed by atoms with E-state index in [-0.39, 0.29) is 35.8 Å². The maximum atomic E-state index is 12.3. The Morgan fingerprint density at radius 1 is 1.12 bits per heavy atom. The van der Waals surface area contributed by atoms with Gasteiger partial charge in [0.2, 0.25) is 0 Å². The molecule has 1 aliphatic heterocycles. The highest BCUT2D eigenvalue weighted by atomic mass is 127. The van der Waals surface area contributed by atoms with Gasteiger partial charge in [0.15, 0.2) is 5.96 Å². The second-order valence-corrected chi connectivity index (χ2v) is 5.69. The molecule has 1 aliphatic rings. The number of aliphatic imine (C=N–C) groups is 1. The van der Waals surface area contributed by atoms with Gasteiger partial charge in [0.1, 0.15) is 0 Å². The number of unbranched alkanes of at least 4 members (excludes halogenated alkanes) is 1. The average Bonchev–Trinajstić information content (AvgIpc) is 2.86. The molecule has 1 heterocycles. The van der Waals surface area contributed by atoms with Gasteiger partial charge in [0.05, 0.1) is 17.7 Å². The van der Waals surface area contributed by atoms with Crippen molar-refractivity contribution in [3.05, 3.63) is 35.4 Å². The number of halogens is 1. The fraction of sp³-hybridized carbons (Fsp3) is 0.500. The van der Waals surface area contributed by atoms with Crippen molar-refractivity contribution < 1.29 is 14.3 Å². The molecule has 0 saturated heterocycles.